The smallest absolute Gasteiger partial charge is 0.250 e. The van der Waals surface area contributed by atoms with Gasteiger partial charge in [-0.05, 0) is 12.5 Å². The minimum Gasteiger partial charge on any atom is -0.380 e. The summed E-state index contributed by atoms with van der Waals surface area (Å²) in [6, 6.07) is 4.01. The Morgan fingerprint density at radius 3 is 2.93 bits per heavy atom. The summed E-state index contributed by atoms with van der Waals surface area (Å²) >= 11 is 2.00. The minimum atomic E-state index is 0.0368. The summed E-state index contributed by atoms with van der Waals surface area (Å²) in [5.74, 6) is 1.16. The fourth-order valence-corrected chi connectivity index (χ4v) is 2.98. The van der Waals surface area contributed by atoms with Crippen molar-refractivity contribution < 1.29 is 0 Å². The molecule has 1 fully saturated rings. The van der Waals surface area contributed by atoms with Crippen molar-refractivity contribution in [3.05, 3.63) is 28.7 Å². The Morgan fingerprint density at radius 2 is 2.33 bits per heavy atom. The maximum atomic E-state index is 11.2. The van der Waals surface area contributed by atoms with Gasteiger partial charge in [0.2, 0.25) is 5.56 Å². The molecule has 0 aromatic carbocycles. The van der Waals surface area contributed by atoms with Crippen LogP contribution in [0.5, 0.6) is 0 Å². The quantitative estimate of drug-likeness (QED) is 0.830. The third-order valence-corrected chi connectivity index (χ3v) is 4.01. The Bertz CT molecular complexity index is 402. The Morgan fingerprint density at radius 1 is 1.53 bits per heavy atom. The van der Waals surface area contributed by atoms with Crippen LogP contribution in [0.25, 0.3) is 0 Å². The standard InChI is InChI=1S/C11H16N2OS/c1-8-5-10(7-15-8)12-9-3-4-11(14)13(2)6-9/h3-4,6,8,10,12H,5,7H2,1-2H3. The molecule has 2 atom stereocenters. The number of aryl methyl sites for hydroxylation is 1. The molecule has 2 rings (SSSR count). The SMILES string of the molecule is CC1CC(Nc2ccc(=O)n(C)c2)CS1. The molecule has 1 aromatic heterocycles. The molecule has 0 radical (unpaired) electrons. The highest BCUT2D eigenvalue weighted by Gasteiger charge is 2.21. The van der Waals surface area contributed by atoms with Crippen LogP contribution < -0.4 is 10.9 Å². The Balaban J connectivity index is 2.05. The topological polar surface area (TPSA) is 34.0 Å². The molecule has 4 heteroatoms. The highest BCUT2D eigenvalue weighted by Crippen LogP contribution is 2.27. The number of hydrogen-bond donors (Lipinski definition) is 1. The number of nitrogens with zero attached hydrogens (tertiary/aromatic N) is 1. The average Bonchev–Trinajstić information content (AvgIpc) is 2.58. The minimum absolute atomic E-state index is 0.0368. The molecule has 0 aliphatic carbocycles. The van der Waals surface area contributed by atoms with Crippen molar-refractivity contribution in [2.24, 2.45) is 7.05 Å². The van der Waals surface area contributed by atoms with Gasteiger partial charge in [-0.3, -0.25) is 4.79 Å². The molecule has 1 aromatic rings. The predicted molar refractivity (Wildman–Crippen MR) is 65.6 cm³/mol. The fourth-order valence-electron chi connectivity index (χ4n) is 1.83. The molecule has 0 saturated carbocycles. The third kappa shape index (κ3) is 2.56. The lowest BCUT2D eigenvalue weighted by atomic mass is 10.2. The zero-order valence-corrected chi connectivity index (χ0v) is 9.88. The molecule has 0 spiro atoms. The second-order valence-corrected chi connectivity index (χ2v) is 5.56. The first-order valence-electron chi connectivity index (χ1n) is 5.20. The second kappa shape index (κ2) is 4.31. The molecule has 0 amide bonds. The molecule has 82 valence electrons. The average molecular weight is 224 g/mol. The predicted octanol–water partition coefficient (Wildman–Crippen LogP) is 1.69. The summed E-state index contributed by atoms with van der Waals surface area (Å²) in [7, 11) is 1.78. The van der Waals surface area contributed by atoms with Crippen LogP contribution in [0.4, 0.5) is 5.69 Å². The van der Waals surface area contributed by atoms with E-state index in [1.54, 1.807) is 17.7 Å². The van der Waals surface area contributed by atoms with Crippen molar-refractivity contribution in [1.29, 1.82) is 0 Å². The van der Waals surface area contributed by atoms with Gasteiger partial charge < -0.3 is 9.88 Å². The maximum absolute atomic E-state index is 11.2. The summed E-state index contributed by atoms with van der Waals surface area (Å²) in [5, 5.41) is 4.20. The van der Waals surface area contributed by atoms with E-state index in [4.69, 9.17) is 0 Å². The van der Waals surface area contributed by atoms with Crippen LogP contribution >= 0.6 is 11.8 Å². The van der Waals surface area contributed by atoms with Gasteiger partial charge in [0.05, 0.1) is 5.69 Å². The fraction of sp³-hybridized carbons (Fsp3) is 0.545. The van der Waals surface area contributed by atoms with Crippen LogP contribution in [0.3, 0.4) is 0 Å². The molecule has 1 aliphatic rings. The maximum Gasteiger partial charge on any atom is 0.250 e. The number of anilines is 1. The molecular weight excluding hydrogens is 208 g/mol. The lowest BCUT2D eigenvalue weighted by Crippen LogP contribution is -2.21. The van der Waals surface area contributed by atoms with Gasteiger partial charge in [0.1, 0.15) is 0 Å². The van der Waals surface area contributed by atoms with E-state index < -0.39 is 0 Å². The van der Waals surface area contributed by atoms with Crippen LogP contribution in [-0.4, -0.2) is 21.6 Å². The van der Waals surface area contributed by atoms with Crippen LogP contribution in [0.2, 0.25) is 0 Å². The first kappa shape index (κ1) is 10.6. The van der Waals surface area contributed by atoms with E-state index in [1.807, 2.05) is 24.0 Å². The third-order valence-electron chi connectivity index (χ3n) is 2.65. The van der Waals surface area contributed by atoms with Crippen LogP contribution in [0, 0.1) is 0 Å². The van der Waals surface area contributed by atoms with E-state index in [1.165, 1.54) is 6.42 Å². The van der Waals surface area contributed by atoms with E-state index in [0.717, 1.165) is 16.7 Å². The van der Waals surface area contributed by atoms with Crippen molar-refractivity contribution in [2.75, 3.05) is 11.1 Å². The molecule has 2 unspecified atom stereocenters. The number of rotatable bonds is 2. The molecule has 1 aliphatic heterocycles. The van der Waals surface area contributed by atoms with E-state index in [2.05, 4.69) is 12.2 Å². The number of hydrogen-bond acceptors (Lipinski definition) is 3. The van der Waals surface area contributed by atoms with Gasteiger partial charge in [0.15, 0.2) is 0 Å². The number of thioether (sulfide) groups is 1. The first-order chi connectivity index (χ1) is 7.15. The van der Waals surface area contributed by atoms with Crippen molar-refractivity contribution in [1.82, 2.24) is 4.57 Å². The number of aromatic nitrogens is 1. The zero-order valence-electron chi connectivity index (χ0n) is 9.06. The molecule has 3 nitrogen and oxygen atoms in total. The summed E-state index contributed by atoms with van der Waals surface area (Å²) in [6.45, 7) is 2.26. The molecule has 15 heavy (non-hydrogen) atoms. The molecule has 2 heterocycles. The summed E-state index contributed by atoms with van der Waals surface area (Å²) in [6.07, 6.45) is 3.06. The van der Waals surface area contributed by atoms with Crippen molar-refractivity contribution in [2.45, 2.75) is 24.6 Å². The van der Waals surface area contributed by atoms with Gasteiger partial charge in [0.25, 0.3) is 0 Å². The number of nitrogens with one attached hydrogen (secondary N) is 1. The van der Waals surface area contributed by atoms with Crippen LogP contribution in [0.15, 0.2) is 23.1 Å². The number of pyridine rings is 1. The van der Waals surface area contributed by atoms with Gasteiger partial charge in [-0.15, -0.1) is 0 Å². The summed E-state index contributed by atoms with van der Waals surface area (Å²) < 4.78 is 1.61. The van der Waals surface area contributed by atoms with Gasteiger partial charge in [-0.1, -0.05) is 6.92 Å². The lowest BCUT2D eigenvalue weighted by molar-refractivity contribution is 0.743. The van der Waals surface area contributed by atoms with E-state index in [0.29, 0.717) is 6.04 Å². The van der Waals surface area contributed by atoms with Crippen LogP contribution in [0.1, 0.15) is 13.3 Å². The Kier molecular flexibility index (Phi) is 3.05. The molecular formula is C11H16N2OS. The Labute approximate surface area is 93.9 Å². The van der Waals surface area contributed by atoms with Crippen LogP contribution in [-0.2, 0) is 7.05 Å². The summed E-state index contributed by atoms with van der Waals surface area (Å²) in [5.41, 5.74) is 1.08. The monoisotopic (exact) mass is 224 g/mol. The van der Waals surface area contributed by atoms with E-state index in [-0.39, 0.29) is 5.56 Å². The Hall–Kier alpha value is -0.900. The lowest BCUT2D eigenvalue weighted by Gasteiger charge is -2.13. The normalized spacial score (nSPS) is 25.5. The highest BCUT2D eigenvalue weighted by atomic mass is 32.2. The largest absolute Gasteiger partial charge is 0.380 e. The van der Waals surface area contributed by atoms with E-state index in [9.17, 15) is 4.79 Å². The van der Waals surface area contributed by atoms with Gasteiger partial charge in [0, 0.05) is 36.4 Å². The molecule has 1 N–H and O–H groups in total. The van der Waals surface area contributed by atoms with Gasteiger partial charge in [-0.2, -0.15) is 11.8 Å². The second-order valence-electron chi connectivity index (χ2n) is 4.09. The summed E-state index contributed by atoms with van der Waals surface area (Å²) in [4.78, 5) is 11.2. The van der Waals surface area contributed by atoms with Crippen molar-refractivity contribution >= 4 is 17.4 Å². The van der Waals surface area contributed by atoms with Crippen molar-refractivity contribution in [3.63, 3.8) is 0 Å². The van der Waals surface area contributed by atoms with Gasteiger partial charge >= 0.3 is 0 Å². The van der Waals surface area contributed by atoms with E-state index >= 15 is 0 Å². The highest BCUT2D eigenvalue weighted by molar-refractivity contribution is 8.00. The molecule has 1 saturated heterocycles. The first-order valence-corrected chi connectivity index (χ1v) is 6.25. The zero-order chi connectivity index (χ0) is 10.8. The molecule has 0 bridgehead atoms. The van der Waals surface area contributed by atoms with Crippen molar-refractivity contribution in [3.8, 4) is 0 Å². The van der Waals surface area contributed by atoms with Gasteiger partial charge in [-0.25, -0.2) is 0 Å².